The molecule has 1 aliphatic carbocycles. The summed E-state index contributed by atoms with van der Waals surface area (Å²) in [5.41, 5.74) is 1.64. The maximum atomic E-state index is 12.2. The number of benzene rings is 1. The van der Waals surface area contributed by atoms with Gasteiger partial charge in [0.25, 0.3) is 5.91 Å². The summed E-state index contributed by atoms with van der Waals surface area (Å²) in [5.74, 6) is 0.525. The standard InChI is InChI=1S/C17H25NO3/c1-13-8-9-16(20-2)15(12-13)17(19)18-10-5-11-21-14-6-3-4-7-14/h8-9,12,14H,3-7,10-11H2,1-2H3,(H,18,19). The third-order valence-electron chi connectivity index (χ3n) is 3.86. The Morgan fingerprint density at radius 2 is 2.10 bits per heavy atom. The number of hydrogen-bond donors (Lipinski definition) is 1. The van der Waals surface area contributed by atoms with Crippen LogP contribution in [0.2, 0.25) is 0 Å². The monoisotopic (exact) mass is 291 g/mol. The molecule has 21 heavy (non-hydrogen) atoms. The summed E-state index contributed by atoms with van der Waals surface area (Å²) in [6.45, 7) is 3.31. The molecule has 1 N–H and O–H groups in total. The molecule has 1 amide bonds. The van der Waals surface area contributed by atoms with Crippen molar-refractivity contribution in [3.63, 3.8) is 0 Å². The van der Waals surface area contributed by atoms with Gasteiger partial charge < -0.3 is 14.8 Å². The zero-order valence-electron chi connectivity index (χ0n) is 13.0. The van der Waals surface area contributed by atoms with Crippen LogP contribution in [0.25, 0.3) is 0 Å². The van der Waals surface area contributed by atoms with Crippen LogP contribution in [0.4, 0.5) is 0 Å². The summed E-state index contributed by atoms with van der Waals surface area (Å²) in [6.07, 6.45) is 6.23. The molecule has 0 unspecified atom stereocenters. The van der Waals surface area contributed by atoms with E-state index in [1.165, 1.54) is 25.7 Å². The Kier molecular flexibility index (Phi) is 6.05. The molecule has 0 saturated heterocycles. The van der Waals surface area contributed by atoms with Gasteiger partial charge in [0.05, 0.1) is 18.8 Å². The van der Waals surface area contributed by atoms with Gasteiger partial charge in [0.15, 0.2) is 0 Å². The lowest BCUT2D eigenvalue weighted by atomic mass is 10.1. The SMILES string of the molecule is COc1ccc(C)cc1C(=O)NCCCOC1CCCC1. The Balaban J connectivity index is 1.72. The fourth-order valence-corrected chi connectivity index (χ4v) is 2.67. The van der Waals surface area contributed by atoms with E-state index in [1.54, 1.807) is 7.11 Å². The Morgan fingerprint density at radius 3 is 2.81 bits per heavy atom. The highest BCUT2D eigenvalue weighted by atomic mass is 16.5. The fraction of sp³-hybridized carbons (Fsp3) is 0.588. The summed E-state index contributed by atoms with van der Waals surface area (Å²) in [5, 5.41) is 2.93. The molecule has 4 nitrogen and oxygen atoms in total. The molecular formula is C17H25NO3. The first-order valence-electron chi connectivity index (χ1n) is 7.75. The van der Waals surface area contributed by atoms with Crippen molar-refractivity contribution in [3.8, 4) is 5.75 Å². The number of amides is 1. The van der Waals surface area contributed by atoms with E-state index < -0.39 is 0 Å². The summed E-state index contributed by atoms with van der Waals surface area (Å²) in [4.78, 5) is 12.2. The molecule has 1 aliphatic rings. The van der Waals surface area contributed by atoms with Crippen LogP contribution in [0, 0.1) is 6.92 Å². The number of carbonyl (C=O) groups is 1. The maximum Gasteiger partial charge on any atom is 0.255 e. The van der Waals surface area contributed by atoms with Gasteiger partial charge in [-0.2, -0.15) is 0 Å². The third-order valence-corrected chi connectivity index (χ3v) is 3.86. The van der Waals surface area contributed by atoms with E-state index in [0.29, 0.717) is 24.0 Å². The second-order valence-electron chi connectivity index (χ2n) is 5.59. The average molecular weight is 291 g/mol. The quantitative estimate of drug-likeness (QED) is 0.785. The first-order chi connectivity index (χ1) is 10.2. The van der Waals surface area contributed by atoms with E-state index >= 15 is 0 Å². The van der Waals surface area contributed by atoms with Gasteiger partial charge >= 0.3 is 0 Å². The largest absolute Gasteiger partial charge is 0.496 e. The Labute approximate surface area is 126 Å². The average Bonchev–Trinajstić information content (AvgIpc) is 3.00. The van der Waals surface area contributed by atoms with Crippen molar-refractivity contribution in [2.24, 2.45) is 0 Å². The second-order valence-corrected chi connectivity index (χ2v) is 5.59. The molecule has 0 heterocycles. The van der Waals surface area contributed by atoms with Crippen molar-refractivity contribution in [2.75, 3.05) is 20.3 Å². The van der Waals surface area contributed by atoms with Crippen LogP contribution in [-0.4, -0.2) is 32.3 Å². The van der Waals surface area contributed by atoms with Crippen molar-refractivity contribution in [1.29, 1.82) is 0 Å². The molecule has 2 rings (SSSR count). The molecule has 0 aliphatic heterocycles. The zero-order chi connectivity index (χ0) is 15.1. The van der Waals surface area contributed by atoms with E-state index in [2.05, 4.69) is 5.32 Å². The molecular weight excluding hydrogens is 266 g/mol. The first-order valence-corrected chi connectivity index (χ1v) is 7.75. The predicted molar refractivity (Wildman–Crippen MR) is 82.9 cm³/mol. The van der Waals surface area contributed by atoms with Crippen molar-refractivity contribution in [2.45, 2.75) is 45.1 Å². The smallest absolute Gasteiger partial charge is 0.255 e. The van der Waals surface area contributed by atoms with E-state index in [9.17, 15) is 4.79 Å². The minimum absolute atomic E-state index is 0.0867. The molecule has 1 aromatic rings. The van der Waals surface area contributed by atoms with Gasteiger partial charge in [-0.15, -0.1) is 0 Å². The number of rotatable bonds is 7. The van der Waals surface area contributed by atoms with Crippen LogP contribution >= 0.6 is 0 Å². The summed E-state index contributed by atoms with van der Waals surface area (Å²) >= 11 is 0. The summed E-state index contributed by atoms with van der Waals surface area (Å²) in [6, 6.07) is 5.61. The minimum atomic E-state index is -0.0867. The molecule has 1 aromatic carbocycles. The van der Waals surface area contributed by atoms with Crippen LogP contribution in [0.3, 0.4) is 0 Å². The number of methoxy groups -OCH3 is 1. The molecule has 0 bridgehead atoms. The highest BCUT2D eigenvalue weighted by molar-refractivity contribution is 5.97. The van der Waals surface area contributed by atoms with Gasteiger partial charge in [0, 0.05) is 13.2 Å². The molecule has 0 spiro atoms. The zero-order valence-corrected chi connectivity index (χ0v) is 13.0. The fourth-order valence-electron chi connectivity index (χ4n) is 2.67. The topological polar surface area (TPSA) is 47.6 Å². The maximum absolute atomic E-state index is 12.2. The number of nitrogens with one attached hydrogen (secondary N) is 1. The van der Waals surface area contributed by atoms with Gasteiger partial charge in [-0.3, -0.25) is 4.79 Å². The highest BCUT2D eigenvalue weighted by Crippen LogP contribution is 2.21. The molecule has 4 heteroatoms. The lowest BCUT2D eigenvalue weighted by molar-refractivity contribution is 0.0565. The van der Waals surface area contributed by atoms with Gasteiger partial charge in [0.2, 0.25) is 0 Å². The van der Waals surface area contributed by atoms with E-state index in [4.69, 9.17) is 9.47 Å². The number of aryl methyl sites for hydroxylation is 1. The van der Waals surface area contributed by atoms with Crippen LogP contribution in [0.5, 0.6) is 5.75 Å². The Hall–Kier alpha value is -1.55. The van der Waals surface area contributed by atoms with Gasteiger partial charge in [-0.05, 0) is 38.3 Å². The van der Waals surface area contributed by atoms with Gasteiger partial charge in [-0.1, -0.05) is 24.5 Å². The van der Waals surface area contributed by atoms with E-state index in [1.807, 2.05) is 25.1 Å². The normalized spacial score (nSPS) is 15.1. The van der Waals surface area contributed by atoms with Crippen LogP contribution in [0.1, 0.15) is 48.0 Å². The van der Waals surface area contributed by atoms with Gasteiger partial charge in [0.1, 0.15) is 5.75 Å². The lowest BCUT2D eigenvalue weighted by Gasteiger charge is -2.12. The minimum Gasteiger partial charge on any atom is -0.496 e. The van der Waals surface area contributed by atoms with E-state index in [-0.39, 0.29) is 5.91 Å². The third kappa shape index (κ3) is 4.74. The molecule has 116 valence electrons. The number of carbonyl (C=O) groups excluding carboxylic acids is 1. The molecule has 0 radical (unpaired) electrons. The van der Waals surface area contributed by atoms with E-state index in [0.717, 1.165) is 18.6 Å². The summed E-state index contributed by atoms with van der Waals surface area (Å²) in [7, 11) is 1.58. The van der Waals surface area contributed by atoms with Crippen LogP contribution in [0.15, 0.2) is 18.2 Å². The van der Waals surface area contributed by atoms with Gasteiger partial charge in [-0.25, -0.2) is 0 Å². The highest BCUT2D eigenvalue weighted by Gasteiger charge is 2.15. The number of ether oxygens (including phenoxy) is 2. The molecule has 1 fully saturated rings. The van der Waals surface area contributed by atoms with Crippen molar-refractivity contribution in [1.82, 2.24) is 5.32 Å². The van der Waals surface area contributed by atoms with Crippen LogP contribution < -0.4 is 10.1 Å². The molecule has 0 atom stereocenters. The molecule has 0 aromatic heterocycles. The second kappa shape index (κ2) is 8.03. The predicted octanol–water partition coefficient (Wildman–Crippen LogP) is 3.08. The first kappa shape index (κ1) is 15.8. The lowest BCUT2D eigenvalue weighted by Crippen LogP contribution is -2.26. The Bertz CT molecular complexity index is 467. The Morgan fingerprint density at radius 1 is 1.33 bits per heavy atom. The summed E-state index contributed by atoms with van der Waals surface area (Å²) < 4.78 is 11.0. The number of hydrogen-bond acceptors (Lipinski definition) is 3. The van der Waals surface area contributed by atoms with Crippen molar-refractivity contribution >= 4 is 5.91 Å². The molecule has 1 saturated carbocycles. The van der Waals surface area contributed by atoms with Crippen LogP contribution in [-0.2, 0) is 4.74 Å². The van der Waals surface area contributed by atoms with Crippen molar-refractivity contribution in [3.05, 3.63) is 29.3 Å². The van der Waals surface area contributed by atoms with Crippen molar-refractivity contribution < 1.29 is 14.3 Å².